The van der Waals surface area contributed by atoms with Crippen LogP contribution in [0.5, 0.6) is 17.2 Å². The van der Waals surface area contributed by atoms with Crippen molar-refractivity contribution in [2.24, 2.45) is 0 Å². The second-order valence-corrected chi connectivity index (χ2v) is 4.43. The van der Waals surface area contributed by atoms with Gasteiger partial charge in [-0.1, -0.05) is 0 Å². The maximum Gasteiger partial charge on any atom is 0.203 e. The van der Waals surface area contributed by atoms with Crippen LogP contribution in [0, 0.1) is 6.92 Å². The molecule has 0 amide bonds. The van der Waals surface area contributed by atoms with Gasteiger partial charge in [-0.05, 0) is 30.7 Å². The van der Waals surface area contributed by atoms with Crippen LogP contribution in [0.4, 0.5) is 0 Å². The molecule has 0 radical (unpaired) electrons. The molecule has 0 fully saturated rings. The average Bonchev–Trinajstić information content (AvgIpc) is 2.53. The Bertz CT molecular complexity index is 642. The normalized spacial score (nSPS) is 10.1. The van der Waals surface area contributed by atoms with Crippen LogP contribution in [0.25, 0.3) is 0 Å². The van der Waals surface area contributed by atoms with E-state index in [1.54, 1.807) is 30.6 Å². The van der Waals surface area contributed by atoms with Crippen molar-refractivity contribution in [3.8, 4) is 17.2 Å². The molecule has 110 valence electrons. The number of pyridine rings is 1. The standard InChI is InChI=1S/C16H17NO4/c1-10-5-6-17-9-12(10)15(18)11-7-13(19-2)16(21-4)14(8-11)20-3/h5-9H,1-4H3. The van der Waals surface area contributed by atoms with Gasteiger partial charge in [-0.3, -0.25) is 9.78 Å². The van der Waals surface area contributed by atoms with Crippen molar-refractivity contribution in [1.29, 1.82) is 0 Å². The third-order valence-corrected chi connectivity index (χ3v) is 3.21. The largest absolute Gasteiger partial charge is 0.493 e. The molecule has 0 bridgehead atoms. The molecule has 21 heavy (non-hydrogen) atoms. The Morgan fingerprint density at radius 1 is 1.05 bits per heavy atom. The van der Waals surface area contributed by atoms with Crippen LogP contribution in [-0.4, -0.2) is 32.1 Å². The topological polar surface area (TPSA) is 57.7 Å². The molecular formula is C16H17NO4. The Kier molecular flexibility index (Phi) is 4.42. The van der Waals surface area contributed by atoms with Gasteiger partial charge in [0.15, 0.2) is 17.3 Å². The number of ketones is 1. The summed E-state index contributed by atoms with van der Waals surface area (Å²) in [6, 6.07) is 5.07. The number of benzene rings is 1. The Morgan fingerprint density at radius 2 is 1.67 bits per heavy atom. The van der Waals surface area contributed by atoms with E-state index >= 15 is 0 Å². The molecule has 0 atom stereocenters. The van der Waals surface area contributed by atoms with E-state index in [1.165, 1.54) is 21.3 Å². The summed E-state index contributed by atoms with van der Waals surface area (Å²) in [6.07, 6.45) is 3.21. The van der Waals surface area contributed by atoms with Crippen molar-refractivity contribution in [3.05, 3.63) is 47.3 Å². The Hall–Kier alpha value is -2.56. The summed E-state index contributed by atoms with van der Waals surface area (Å²) in [5.41, 5.74) is 1.87. The fourth-order valence-corrected chi connectivity index (χ4v) is 2.07. The molecule has 0 saturated heterocycles. The number of aromatic nitrogens is 1. The first-order valence-corrected chi connectivity index (χ1v) is 6.37. The average molecular weight is 287 g/mol. The summed E-state index contributed by atoms with van der Waals surface area (Å²) in [7, 11) is 4.55. The highest BCUT2D eigenvalue weighted by Gasteiger charge is 2.19. The van der Waals surface area contributed by atoms with Gasteiger partial charge < -0.3 is 14.2 Å². The van der Waals surface area contributed by atoms with Crippen molar-refractivity contribution >= 4 is 5.78 Å². The second kappa shape index (κ2) is 6.26. The molecule has 5 heteroatoms. The zero-order chi connectivity index (χ0) is 15.4. The molecular weight excluding hydrogens is 270 g/mol. The van der Waals surface area contributed by atoms with Crippen LogP contribution in [0.15, 0.2) is 30.6 Å². The lowest BCUT2D eigenvalue weighted by molar-refractivity contribution is 0.103. The summed E-state index contributed by atoms with van der Waals surface area (Å²) in [4.78, 5) is 16.6. The molecule has 1 aromatic carbocycles. The third-order valence-electron chi connectivity index (χ3n) is 3.21. The van der Waals surface area contributed by atoms with Gasteiger partial charge in [0.25, 0.3) is 0 Å². The molecule has 0 saturated carbocycles. The number of hydrogen-bond acceptors (Lipinski definition) is 5. The zero-order valence-corrected chi connectivity index (χ0v) is 12.5. The molecule has 5 nitrogen and oxygen atoms in total. The van der Waals surface area contributed by atoms with Gasteiger partial charge in [-0.2, -0.15) is 0 Å². The molecule has 1 heterocycles. The Balaban J connectivity index is 2.54. The van der Waals surface area contributed by atoms with Crippen molar-refractivity contribution in [3.63, 3.8) is 0 Å². The summed E-state index contributed by atoms with van der Waals surface area (Å²) in [5.74, 6) is 1.21. The van der Waals surface area contributed by atoms with E-state index in [2.05, 4.69) is 4.98 Å². The van der Waals surface area contributed by atoms with E-state index in [0.29, 0.717) is 28.4 Å². The minimum Gasteiger partial charge on any atom is -0.493 e. The number of ether oxygens (including phenoxy) is 3. The van der Waals surface area contributed by atoms with E-state index < -0.39 is 0 Å². The smallest absolute Gasteiger partial charge is 0.203 e. The molecule has 2 rings (SSSR count). The molecule has 1 aromatic heterocycles. The van der Waals surface area contributed by atoms with Crippen molar-refractivity contribution < 1.29 is 19.0 Å². The number of aryl methyl sites for hydroxylation is 1. The highest BCUT2D eigenvalue weighted by Crippen LogP contribution is 2.38. The number of hydrogen-bond donors (Lipinski definition) is 0. The number of methoxy groups -OCH3 is 3. The lowest BCUT2D eigenvalue weighted by Gasteiger charge is -2.14. The third kappa shape index (κ3) is 2.81. The minimum atomic E-state index is -0.139. The van der Waals surface area contributed by atoms with Crippen molar-refractivity contribution in [1.82, 2.24) is 4.98 Å². The van der Waals surface area contributed by atoms with Gasteiger partial charge in [0.05, 0.1) is 21.3 Å². The van der Waals surface area contributed by atoms with Crippen molar-refractivity contribution in [2.75, 3.05) is 21.3 Å². The van der Waals surface area contributed by atoms with Gasteiger partial charge in [0.1, 0.15) is 0 Å². The molecule has 0 aliphatic rings. The SMILES string of the molecule is COc1cc(C(=O)c2cnccc2C)cc(OC)c1OC. The highest BCUT2D eigenvalue weighted by molar-refractivity contribution is 6.10. The van der Waals surface area contributed by atoms with E-state index in [4.69, 9.17) is 14.2 Å². The predicted molar refractivity (Wildman–Crippen MR) is 78.5 cm³/mol. The van der Waals surface area contributed by atoms with E-state index in [0.717, 1.165) is 5.56 Å². The zero-order valence-electron chi connectivity index (χ0n) is 12.5. The Labute approximate surface area is 123 Å². The summed E-state index contributed by atoms with van der Waals surface area (Å²) in [5, 5.41) is 0. The monoisotopic (exact) mass is 287 g/mol. The van der Waals surface area contributed by atoms with Gasteiger partial charge in [0.2, 0.25) is 5.75 Å². The fourth-order valence-electron chi connectivity index (χ4n) is 2.07. The molecule has 0 spiro atoms. The quantitative estimate of drug-likeness (QED) is 0.791. The van der Waals surface area contributed by atoms with Gasteiger partial charge >= 0.3 is 0 Å². The number of rotatable bonds is 5. The first kappa shape index (κ1) is 14.8. The highest BCUT2D eigenvalue weighted by atomic mass is 16.5. The Morgan fingerprint density at radius 3 is 2.14 bits per heavy atom. The summed E-state index contributed by atoms with van der Waals surface area (Å²) in [6.45, 7) is 1.87. The molecule has 0 aliphatic carbocycles. The first-order valence-electron chi connectivity index (χ1n) is 6.37. The molecule has 0 unspecified atom stereocenters. The summed E-state index contributed by atoms with van der Waals surface area (Å²) < 4.78 is 15.8. The van der Waals surface area contributed by atoms with Gasteiger partial charge in [-0.15, -0.1) is 0 Å². The van der Waals surface area contributed by atoms with Crippen LogP contribution in [0.2, 0.25) is 0 Å². The fraction of sp³-hybridized carbons (Fsp3) is 0.250. The lowest BCUT2D eigenvalue weighted by Crippen LogP contribution is -2.06. The van der Waals surface area contributed by atoms with Crippen LogP contribution < -0.4 is 14.2 Å². The maximum absolute atomic E-state index is 12.6. The molecule has 0 N–H and O–H groups in total. The maximum atomic E-state index is 12.6. The number of carbonyl (C=O) groups excluding carboxylic acids is 1. The van der Waals surface area contributed by atoms with E-state index in [9.17, 15) is 4.79 Å². The molecule has 2 aromatic rings. The number of carbonyl (C=O) groups is 1. The van der Waals surface area contributed by atoms with Crippen LogP contribution in [-0.2, 0) is 0 Å². The van der Waals surface area contributed by atoms with Crippen LogP contribution in [0.1, 0.15) is 21.5 Å². The minimum absolute atomic E-state index is 0.139. The van der Waals surface area contributed by atoms with Gasteiger partial charge in [0, 0.05) is 23.5 Å². The summed E-state index contributed by atoms with van der Waals surface area (Å²) >= 11 is 0. The second-order valence-electron chi connectivity index (χ2n) is 4.43. The number of nitrogens with zero attached hydrogens (tertiary/aromatic N) is 1. The predicted octanol–water partition coefficient (Wildman–Crippen LogP) is 2.65. The molecule has 0 aliphatic heterocycles. The van der Waals surface area contributed by atoms with E-state index in [-0.39, 0.29) is 5.78 Å². The van der Waals surface area contributed by atoms with E-state index in [1.807, 2.05) is 6.92 Å². The van der Waals surface area contributed by atoms with Crippen LogP contribution in [0.3, 0.4) is 0 Å². The van der Waals surface area contributed by atoms with Crippen LogP contribution >= 0.6 is 0 Å². The lowest BCUT2D eigenvalue weighted by atomic mass is 10.0. The van der Waals surface area contributed by atoms with Gasteiger partial charge in [-0.25, -0.2) is 0 Å². The van der Waals surface area contributed by atoms with Crippen molar-refractivity contribution in [2.45, 2.75) is 6.92 Å². The first-order chi connectivity index (χ1) is 10.1.